The van der Waals surface area contributed by atoms with E-state index in [1.807, 2.05) is 0 Å². The summed E-state index contributed by atoms with van der Waals surface area (Å²) in [7, 11) is -1.42. The van der Waals surface area contributed by atoms with Gasteiger partial charge in [-0.2, -0.15) is 8.78 Å². The summed E-state index contributed by atoms with van der Waals surface area (Å²) in [5.41, 5.74) is 0.0974. The van der Waals surface area contributed by atoms with E-state index >= 15 is 0 Å². The van der Waals surface area contributed by atoms with E-state index in [9.17, 15) is 22.6 Å². The zero-order valence-electron chi connectivity index (χ0n) is 14.5. The summed E-state index contributed by atoms with van der Waals surface area (Å²) < 4.78 is 46.0. The minimum atomic E-state index is -3.05. The summed E-state index contributed by atoms with van der Waals surface area (Å²) in [4.78, 5) is 24.8. The second-order valence-corrected chi connectivity index (χ2v) is 6.71. The number of carbonyl (C=O) groups excluding carboxylic acids is 2. The monoisotopic (exact) mass is 397 g/mol. The first-order valence-corrected chi connectivity index (χ1v) is 9.33. The van der Waals surface area contributed by atoms with Crippen LogP contribution in [0, 0.1) is 0 Å². The Morgan fingerprint density at radius 2 is 1.70 bits per heavy atom. The molecule has 2 atom stereocenters. The number of hydrogen-bond donors (Lipinski definition) is 1. The average Bonchev–Trinajstić information content (AvgIpc) is 2.62. The van der Waals surface area contributed by atoms with Crippen LogP contribution in [-0.4, -0.2) is 35.1 Å². The van der Waals surface area contributed by atoms with Crippen molar-refractivity contribution in [3.63, 3.8) is 0 Å². The first-order valence-electron chi connectivity index (χ1n) is 7.77. The van der Waals surface area contributed by atoms with E-state index < -0.39 is 35.4 Å². The van der Waals surface area contributed by atoms with Gasteiger partial charge in [0.1, 0.15) is 5.75 Å². The molecule has 0 fully saturated rings. The second-order valence-electron chi connectivity index (χ2n) is 5.36. The molecule has 0 saturated carbocycles. The largest absolute Gasteiger partial charge is 0.449 e. The van der Waals surface area contributed by atoms with Crippen LogP contribution in [0.15, 0.2) is 53.4 Å². The Morgan fingerprint density at radius 1 is 1.07 bits per heavy atom. The number of anilines is 1. The summed E-state index contributed by atoms with van der Waals surface area (Å²) in [6.07, 6.45) is 0.192. The highest BCUT2D eigenvalue weighted by molar-refractivity contribution is 7.84. The summed E-state index contributed by atoms with van der Waals surface area (Å²) in [5.74, 6) is -1.77. The van der Waals surface area contributed by atoms with Crippen molar-refractivity contribution < 1.29 is 32.1 Å². The molecule has 6 nitrogen and oxygen atoms in total. The third kappa shape index (κ3) is 5.58. The molecular weight excluding hydrogens is 380 g/mol. The Balaban J connectivity index is 2.09. The minimum absolute atomic E-state index is 0.0146. The van der Waals surface area contributed by atoms with Gasteiger partial charge in [-0.05, 0) is 31.2 Å². The first kappa shape index (κ1) is 20.5. The summed E-state index contributed by atoms with van der Waals surface area (Å²) in [6.45, 7) is -1.72. The lowest BCUT2D eigenvalue weighted by atomic mass is 10.2. The molecular formula is C18H17F2NO5S. The highest BCUT2D eigenvalue weighted by atomic mass is 32.2. The Kier molecular flexibility index (Phi) is 7.00. The molecule has 2 rings (SSSR count). The van der Waals surface area contributed by atoms with Crippen LogP contribution in [0.25, 0.3) is 0 Å². The molecule has 0 aliphatic carbocycles. The van der Waals surface area contributed by atoms with Gasteiger partial charge in [0.2, 0.25) is 0 Å². The maximum Gasteiger partial charge on any atom is 0.387 e. The van der Waals surface area contributed by atoms with Crippen LogP contribution in [0.3, 0.4) is 0 Å². The molecule has 0 radical (unpaired) electrons. The van der Waals surface area contributed by atoms with Gasteiger partial charge in [0.05, 0.1) is 26.9 Å². The SMILES string of the molecule is C[C@@H](OC(=O)c1ccccc1[S@@](C)=O)C(=O)Nc1ccccc1OC(F)F. The predicted molar refractivity (Wildman–Crippen MR) is 95.4 cm³/mol. The van der Waals surface area contributed by atoms with E-state index in [0.717, 1.165) is 0 Å². The Morgan fingerprint density at radius 3 is 2.37 bits per heavy atom. The van der Waals surface area contributed by atoms with Gasteiger partial charge in [0, 0.05) is 6.26 Å². The van der Waals surface area contributed by atoms with Gasteiger partial charge in [-0.25, -0.2) is 4.79 Å². The van der Waals surface area contributed by atoms with Gasteiger partial charge >= 0.3 is 12.6 Å². The highest BCUT2D eigenvalue weighted by Gasteiger charge is 2.22. The normalized spacial score (nSPS) is 12.9. The first-order chi connectivity index (χ1) is 12.8. The third-order valence-electron chi connectivity index (χ3n) is 3.43. The fourth-order valence-corrected chi connectivity index (χ4v) is 2.90. The van der Waals surface area contributed by atoms with Gasteiger partial charge in [-0.1, -0.05) is 24.3 Å². The number of para-hydroxylation sites is 2. The third-order valence-corrected chi connectivity index (χ3v) is 4.41. The van der Waals surface area contributed by atoms with Gasteiger partial charge in [-0.15, -0.1) is 0 Å². The standard InChI is InChI=1S/C18H17F2NO5S/c1-11(25-17(23)12-7-3-6-10-15(12)27(2)24)16(22)21-13-8-4-5-9-14(13)26-18(19)20/h3-11,18H,1-2H3,(H,21,22)/t11-,27-/m1/s1. The van der Waals surface area contributed by atoms with Crippen molar-refractivity contribution in [3.05, 3.63) is 54.1 Å². The van der Waals surface area contributed by atoms with Crippen LogP contribution < -0.4 is 10.1 Å². The maximum atomic E-state index is 12.4. The fraction of sp³-hybridized carbons (Fsp3) is 0.222. The number of halogens is 2. The van der Waals surface area contributed by atoms with Crippen LogP contribution in [0.2, 0.25) is 0 Å². The number of amides is 1. The maximum absolute atomic E-state index is 12.4. The lowest BCUT2D eigenvalue weighted by Crippen LogP contribution is -2.30. The highest BCUT2D eigenvalue weighted by Crippen LogP contribution is 2.25. The molecule has 2 aromatic rings. The predicted octanol–water partition coefficient (Wildman–Crippen LogP) is 3.21. The van der Waals surface area contributed by atoms with Crippen molar-refractivity contribution in [2.24, 2.45) is 0 Å². The second kappa shape index (κ2) is 9.22. The van der Waals surface area contributed by atoms with E-state index in [0.29, 0.717) is 0 Å². The number of ether oxygens (including phenoxy) is 2. The van der Waals surface area contributed by atoms with Gasteiger partial charge in [-0.3, -0.25) is 9.00 Å². The van der Waals surface area contributed by atoms with Crippen molar-refractivity contribution in [2.75, 3.05) is 11.6 Å². The summed E-state index contributed by atoms with van der Waals surface area (Å²) in [6, 6.07) is 11.8. The molecule has 0 aliphatic heterocycles. The zero-order chi connectivity index (χ0) is 20.0. The Labute approximate surface area is 156 Å². The zero-order valence-corrected chi connectivity index (χ0v) is 15.3. The van der Waals surface area contributed by atoms with Crippen LogP contribution in [0.4, 0.5) is 14.5 Å². The molecule has 2 aromatic carbocycles. The molecule has 144 valence electrons. The molecule has 1 N–H and O–H groups in total. The molecule has 0 spiro atoms. The minimum Gasteiger partial charge on any atom is -0.449 e. The fourth-order valence-electron chi connectivity index (χ4n) is 2.17. The van der Waals surface area contributed by atoms with Crippen LogP contribution >= 0.6 is 0 Å². The number of carbonyl (C=O) groups is 2. The molecule has 0 heterocycles. The number of rotatable bonds is 7. The number of nitrogens with one attached hydrogen (secondary N) is 1. The van der Waals surface area contributed by atoms with Gasteiger partial charge < -0.3 is 14.8 Å². The van der Waals surface area contributed by atoms with Crippen molar-refractivity contribution in [1.29, 1.82) is 0 Å². The molecule has 27 heavy (non-hydrogen) atoms. The van der Waals surface area contributed by atoms with Crippen molar-refractivity contribution in [3.8, 4) is 5.75 Å². The van der Waals surface area contributed by atoms with E-state index in [1.165, 1.54) is 49.6 Å². The van der Waals surface area contributed by atoms with Crippen molar-refractivity contribution in [1.82, 2.24) is 0 Å². The molecule has 0 bridgehead atoms. The number of alkyl halides is 2. The summed E-state index contributed by atoms with van der Waals surface area (Å²) >= 11 is 0. The lowest BCUT2D eigenvalue weighted by molar-refractivity contribution is -0.123. The molecule has 1 amide bonds. The van der Waals surface area contributed by atoms with E-state index in [-0.39, 0.29) is 21.9 Å². The van der Waals surface area contributed by atoms with Crippen molar-refractivity contribution in [2.45, 2.75) is 24.5 Å². The van der Waals surface area contributed by atoms with Gasteiger partial charge in [0.25, 0.3) is 5.91 Å². The molecule has 0 aliphatic rings. The van der Waals surface area contributed by atoms with E-state index in [2.05, 4.69) is 10.1 Å². The molecule has 0 unspecified atom stereocenters. The average molecular weight is 397 g/mol. The quantitative estimate of drug-likeness (QED) is 0.726. The molecule has 9 heteroatoms. The van der Waals surface area contributed by atoms with Gasteiger partial charge in [0.15, 0.2) is 6.10 Å². The topological polar surface area (TPSA) is 81.7 Å². The number of hydrogen-bond acceptors (Lipinski definition) is 5. The van der Waals surface area contributed by atoms with E-state index in [1.54, 1.807) is 12.1 Å². The lowest BCUT2D eigenvalue weighted by Gasteiger charge is -2.16. The Hall–Kier alpha value is -2.81. The summed E-state index contributed by atoms with van der Waals surface area (Å²) in [5, 5.41) is 2.38. The smallest absolute Gasteiger partial charge is 0.387 e. The molecule has 0 saturated heterocycles. The van der Waals surface area contributed by atoms with E-state index in [4.69, 9.17) is 4.74 Å². The molecule has 0 aromatic heterocycles. The number of benzene rings is 2. The Bertz CT molecular complexity index is 859. The van der Waals surface area contributed by atoms with Crippen LogP contribution in [-0.2, 0) is 20.3 Å². The van der Waals surface area contributed by atoms with Crippen molar-refractivity contribution >= 4 is 28.4 Å². The van der Waals surface area contributed by atoms with Crippen LogP contribution in [0.1, 0.15) is 17.3 Å². The number of esters is 1. The van der Waals surface area contributed by atoms with Crippen LogP contribution in [0.5, 0.6) is 5.75 Å².